The summed E-state index contributed by atoms with van der Waals surface area (Å²) in [5, 5.41) is 35.0. The number of benzene rings is 1. The first kappa shape index (κ1) is 23.9. The number of nitrogens with zero attached hydrogens (tertiary/aromatic N) is 4. The molecule has 2 saturated heterocycles. The van der Waals surface area contributed by atoms with Gasteiger partial charge in [-0.2, -0.15) is 5.21 Å². The summed E-state index contributed by atoms with van der Waals surface area (Å²) in [6.45, 7) is 2.53. The summed E-state index contributed by atoms with van der Waals surface area (Å²) in [4.78, 5) is 0.825. The average molecular weight is 502 g/mol. The van der Waals surface area contributed by atoms with Crippen LogP contribution < -0.4 is 25.4 Å². The number of hydrogen-bond acceptors (Lipinski definition) is 11. The summed E-state index contributed by atoms with van der Waals surface area (Å²) in [5.74, 6) is -0.0930. The van der Waals surface area contributed by atoms with Crippen LogP contribution in [0.25, 0.3) is 11.4 Å². The van der Waals surface area contributed by atoms with Gasteiger partial charge in [-0.15, -0.1) is 10.2 Å². The Morgan fingerprint density at radius 2 is 2.00 bits per heavy atom. The highest BCUT2D eigenvalue weighted by molar-refractivity contribution is 7.92. The largest absolute Gasteiger partial charge is 0.395 e. The number of aromatic nitrogens is 4. The van der Waals surface area contributed by atoms with E-state index in [4.69, 9.17) is 5.14 Å². The number of hydrogen-bond donors (Lipinski definition) is 6. The summed E-state index contributed by atoms with van der Waals surface area (Å²) in [6.07, 6.45) is 1.16. The van der Waals surface area contributed by atoms with E-state index in [0.29, 0.717) is 51.3 Å². The third-order valence-corrected chi connectivity index (χ3v) is 8.43. The van der Waals surface area contributed by atoms with Crippen molar-refractivity contribution in [3.8, 4) is 11.4 Å². The standard InChI is InChI=1S/C17H27N9O5S2/c18-32(28,29)16-14(33(30,31)23-11-3-5-19-9-11)2-1-13(15(16)17-21-24-25-22-17)26-7-4-12(10-27)20-6-8-26/h1-2,11-12,19-20,23,27H,3-10H2,(H2,18,28,29)(H,21,22,24,25). The van der Waals surface area contributed by atoms with E-state index in [9.17, 15) is 21.9 Å². The molecule has 0 saturated carbocycles. The van der Waals surface area contributed by atoms with E-state index < -0.39 is 29.8 Å². The Hall–Kier alpha value is -2.21. The minimum atomic E-state index is -4.53. The molecule has 0 spiro atoms. The molecular weight excluding hydrogens is 474 g/mol. The Labute approximate surface area is 191 Å². The number of sulfonamides is 2. The molecule has 0 amide bonds. The van der Waals surface area contributed by atoms with E-state index in [1.54, 1.807) is 0 Å². The first-order chi connectivity index (χ1) is 15.7. The van der Waals surface area contributed by atoms with Crippen molar-refractivity contribution in [2.75, 3.05) is 44.2 Å². The maximum atomic E-state index is 13.2. The molecule has 16 heteroatoms. The Kier molecular flexibility index (Phi) is 6.94. The number of aromatic amines is 1. The van der Waals surface area contributed by atoms with Crippen molar-refractivity contribution in [2.45, 2.75) is 34.7 Å². The minimum absolute atomic E-state index is 0.0349. The highest BCUT2D eigenvalue weighted by atomic mass is 32.2. The van der Waals surface area contributed by atoms with Crippen LogP contribution in [0.2, 0.25) is 0 Å². The molecule has 0 bridgehead atoms. The molecule has 1 aromatic heterocycles. The lowest BCUT2D eigenvalue weighted by atomic mass is 10.1. The summed E-state index contributed by atoms with van der Waals surface area (Å²) >= 11 is 0. The lowest BCUT2D eigenvalue weighted by molar-refractivity contribution is 0.242. The Balaban J connectivity index is 1.87. The van der Waals surface area contributed by atoms with Crippen molar-refractivity contribution in [3.63, 3.8) is 0 Å². The number of aliphatic hydroxyl groups excluding tert-OH is 1. The number of primary sulfonamides is 1. The van der Waals surface area contributed by atoms with E-state index in [1.807, 2.05) is 4.90 Å². The second-order valence-corrected chi connectivity index (χ2v) is 11.2. The Morgan fingerprint density at radius 3 is 2.64 bits per heavy atom. The molecule has 182 valence electrons. The molecule has 0 aliphatic carbocycles. The van der Waals surface area contributed by atoms with Crippen molar-refractivity contribution in [3.05, 3.63) is 12.1 Å². The van der Waals surface area contributed by atoms with Gasteiger partial charge in [-0.3, -0.25) is 0 Å². The molecule has 2 atom stereocenters. The molecule has 2 aliphatic heterocycles. The number of anilines is 1. The SMILES string of the molecule is NS(=O)(=O)c1c(S(=O)(=O)NC2CCNC2)ccc(N2CCNC(CO)CC2)c1-c1nn[nH]n1. The van der Waals surface area contributed by atoms with Gasteiger partial charge in [0.15, 0.2) is 0 Å². The number of rotatable bonds is 7. The van der Waals surface area contributed by atoms with Crippen LogP contribution >= 0.6 is 0 Å². The molecule has 3 heterocycles. The summed E-state index contributed by atoms with van der Waals surface area (Å²) in [6, 6.07) is 2.29. The van der Waals surface area contributed by atoms with Crippen LogP contribution in [0.3, 0.4) is 0 Å². The van der Waals surface area contributed by atoms with Crippen LogP contribution in [-0.2, 0) is 20.0 Å². The summed E-state index contributed by atoms with van der Waals surface area (Å²) < 4.78 is 54.6. The second kappa shape index (κ2) is 9.57. The first-order valence-corrected chi connectivity index (χ1v) is 13.5. The lowest BCUT2D eigenvalue weighted by Crippen LogP contribution is -2.37. The zero-order valence-corrected chi connectivity index (χ0v) is 19.4. The number of aliphatic hydroxyl groups is 1. The van der Waals surface area contributed by atoms with Crippen LogP contribution in [-0.4, -0.2) is 94.0 Å². The van der Waals surface area contributed by atoms with Crippen molar-refractivity contribution in [1.29, 1.82) is 0 Å². The molecule has 14 nitrogen and oxygen atoms in total. The summed E-state index contributed by atoms with van der Waals surface area (Å²) in [5.41, 5.74) is 0.364. The first-order valence-electron chi connectivity index (χ1n) is 10.5. The Morgan fingerprint density at radius 1 is 1.18 bits per heavy atom. The van der Waals surface area contributed by atoms with Gasteiger partial charge < -0.3 is 20.6 Å². The van der Waals surface area contributed by atoms with Crippen LogP contribution in [0.15, 0.2) is 21.9 Å². The van der Waals surface area contributed by atoms with Crippen LogP contribution in [0.4, 0.5) is 5.69 Å². The van der Waals surface area contributed by atoms with Crippen LogP contribution in [0.5, 0.6) is 0 Å². The minimum Gasteiger partial charge on any atom is -0.395 e. The highest BCUT2D eigenvalue weighted by Crippen LogP contribution is 2.38. The van der Waals surface area contributed by atoms with Crippen LogP contribution in [0, 0.1) is 0 Å². The van der Waals surface area contributed by atoms with Gasteiger partial charge in [0.05, 0.1) is 12.2 Å². The number of nitrogens with two attached hydrogens (primary N) is 1. The van der Waals surface area contributed by atoms with Crippen molar-refractivity contribution < 1.29 is 21.9 Å². The van der Waals surface area contributed by atoms with Gasteiger partial charge in [0.25, 0.3) is 0 Å². The van der Waals surface area contributed by atoms with Crippen molar-refractivity contribution in [2.24, 2.45) is 5.14 Å². The quantitative estimate of drug-likeness (QED) is 0.230. The van der Waals surface area contributed by atoms with Crippen LogP contribution in [0.1, 0.15) is 12.8 Å². The van der Waals surface area contributed by atoms with E-state index in [0.717, 1.165) is 0 Å². The van der Waals surface area contributed by atoms with E-state index >= 15 is 0 Å². The molecule has 2 aliphatic rings. The lowest BCUT2D eigenvalue weighted by Gasteiger charge is -2.26. The molecule has 1 aromatic carbocycles. The molecular formula is C17H27N9O5S2. The maximum absolute atomic E-state index is 13.2. The second-order valence-electron chi connectivity index (χ2n) is 7.99. The average Bonchev–Trinajstić information content (AvgIpc) is 3.42. The zero-order chi connectivity index (χ0) is 23.6. The fourth-order valence-corrected chi connectivity index (χ4v) is 7.03. The van der Waals surface area contributed by atoms with Gasteiger partial charge in [0.2, 0.25) is 25.9 Å². The predicted molar refractivity (Wildman–Crippen MR) is 118 cm³/mol. The van der Waals surface area contributed by atoms with Crippen molar-refractivity contribution in [1.82, 2.24) is 36.0 Å². The smallest absolute Gasteiger partial charge is 0.242 e. The predicted octanol–water partition coefficient (Wildman–Crippen LogP) is -2.69. The van der Waals surface area contributed by atoms with Gasteiger partial charge in [0, 0.05) is 44.0 Å². The van der Waals surface area contributed by atoms with Gasteiger partial charge >= 0.3 is 0 Å². The number of H-pyrrole nitrogens is 1. The Bertz CT molecular complexity index is 1180. The number of nitrogens with one attached hydrogen (secondary N) is 4. The maximum Gasteiger partial charge on any atom is 0.242 e. The molecule has 7 N–H and O–H groups in total. The van der Waals surface area contributed by atoms with Gasteiger partial charge in [-0.25, -0.2) is 26.7 Å². The topological polar surface area (TPSA) is 208 Å². The van der Waals surface area contributed by atoms with E-state index in [1.165, 1.54) is 12.1 Å². The fourth-order valence-electron chi connectivity index (χ4n) is 4.16. The molecule has 2 unspecified atom stereocenters. The molecule has 0 radical (unpaired) electrons. The molecule has 2 fully saturated rings. The fraction of sp³-hybridized carbons (Fsp3) is 0.588. The highest BCUT2D eigenvalue weighted by Gasteiger charge is 2.34. The summed E-state index contributed by atoms with van der Waals surface area (Å²) in [7, 11) is -8.77. The zero-order valence-electron chi connectivity index (χ0n) is 17.7. The van der Waals surface area contributed by atoms with E-state index in [-0.39, 0.29) is 30.1 Å². The number of tetrazole rings is 1. The van der Waals surface area contributed by atoms with Gasteiger partial charge in [0.1, 0.15) is 9.79 Å². The van der Waals surface area contributed by atoms with E-state index in [2.05, 4.69) is 36.0 Å². The normalized spacial score (nSPS) is 22.4. The van der Waals surface area contributed by atoms with Gasteiger partial charge in [-0.05, 0) is 36.7 Å². The third kappa shape index (κ3) is 5.16. The molecule has 2 aromatic rings. The molecule has 4 rings (SSSR count). The van der Waals surface area contributed by atoms with Gasteiger partial charge in [-0.1, -0.05) is 0 Å². The third-order valence-electron chi connectivity index (χ3n) is 5.75. The van der Waals surface area contributed by atoms with Crippen molar-refractivity contribution >= 4 is 25.7 Å². The monoisotopic (exact) mass is 501 g/mol. The molecule has 33 heavy (non-hydrogen) atoms.